The first-order chi connectivity index (χ1) is 26.8. The molecule has 0 radical (unpaired) electrons. The summed E-state index contributed by atoms with van der Waals surface area (Å²) in [6, 6.07) is 6.11. The van der Waals surface area contributed by atoms with E-state index in [1.807, 2.05) is 31.3 Å². The molecule has 0 amide bonds. The van der Waals surface area contributed by atoms with Crippen molar-refractivity contribution < 1.29 is 18.1 Å². The second-order valence-corrected chi connectivity index (χ2v) is 22.2. The van der Waals surface area contributed by atoms with Crippen molar-refractivity contribution in [3.8, 4) is 11.4 Å². The molecule has 4 heterocycles. The number of pyridine rings is 1. The molecule has 0 spiro atoms. The lowest BCUT2D eigenvalue weighted by molar-refractivity contribution is -0.145. The minimum Gasteiger partial charge on any atom is -0.378 e. The summed E-state index contributed by atoms with van der Waals surface area (Å²) in [4.78, 5) is 20.1. The Labute approximate surface area is 334 Å². The number of rotatable bonds is 12. The Morgan fingerprint density at radius 2 is 1.80 bits per heavy atom. The molecule has 3 aromatic heterocycles. The van der Waals surface area contributed by atoms with Crippen LogP contribution in [0.4, 0.5) is 10.2 Å². The summed E-state index contributed by atoms with van der Waals surface area (Å²) < 4.78 is 50.6. The summed E-state index contributed by atoms with van der Waals surface area (Å²) in [5, 5.41) is 0.948. The van der Waals surface area contributed by atoms with Crippen LogP contribution in [-0.2, 0) is 23.9 Å². The fraction of sp³-hybridized carbons (Fsp3) is 0.756. The number of hydrogen-bond acceptors (Lipinski definition) is 8. The van der Waals surface area contributed by atoms with Gasteiger partial charge < -0.3 is 19.4 Å². The number of hydrogen-bond donors (Lipinski definition) is 2. The predicted octanol–water partition coefficient (Wildman–Crippen LogP) is 10.00. The molecule has 6 aliphatic rings. The van der Waals surface area contributed by atoms with Gasteiger partial charge in [-0.05, 0) is 144 Å². The second-order valence-electron chi connectivity index (χ2n) is 19.7. The number of alkyl halides is 1. The van der Waals surface area contributed by atoms with E-state index in [1.54, 1.807) is 6.20 Å². The van der Waals surface area contributed by atoms with E-state index >= 15 is 4.39 Å². The third kappa shape index (κ3) is 6.71. The molecule has 1 saturated heterocycles. The molecular weight excluding hydrogens is 724 g/mol. The Bertz CT molecular complexity index is 2020. The number of fused-ring (bicyclic) bond motifs is 6. The first-order valence-electron chi connectivity index (χ1n) is 22.1. The molecule has 11 heteroatoms. The SMILES string of the molecule is C[C@@H]1COCCN1c1cc(C2(S(=N)(=O)CCCCCCO[C@H]3CC[C@H]4[C@@H]5CC[C@H]6CC(C)(F)CC[C@]6(C)[C@H]5CC[C@]34C)CC2)nc(-c2ccnc3[nH]ccc23)n1. The zero-order valence-electron chi connectivity index (χ0n) is 34.3. The molecule has 56 heavy (non-hydrogen) atoms. The Morgan fingerprint density at radius 1 is 0.982 bits per heavy atom. The maximum Gasteiger partial charge on any atom is 0.162 e. The number of morpholine rings is 1. The first-order valence-corrected chi connectivity index (χ1v) is 23.8. The fourth-order valence-electron chi connectivity index (χ4n) is 12.8. The summed E-state index contributed by atoms with van der Waals surface area (Å²) in [5.41, 5.74) is 2.01. The molecule has 2 unspecified atom stereocenters. The standard InChI is InChI=1S/C45H65FN6O3S/c1-30-29-54-25-23-52(30)39-27-37(50-41(51-39)33-15-22-49-40-32(33)14-21-48-40)45(19-20-45)56(47,53)26-8-6-5-7-24-55-38-12-11-35-34-10-9-31-28-42(2,46)17-18-43(31,3)36(34)13-16-44(35,38)4/h14-15,21-22,27,30-31,34-36,38,47H,5-13,16-20,23-26,28-29H2,1-4H3,(H,48,49)/t30-,31+,34+,35+,36+,38+,42?,43+,44+,56?/m1/s1. The Kier molecular flexibility index (Phi) is 10.1. The van der Waals surface area contributed by atoms with Crippen molar-refractivity contribution in [2.24, 2.45) is 34.5 Å². The van der Waals surface area contributed by atoms with Gasteiger partial charge in [-0.15, -0.1) is 0 Å². The van der Waals surface area contributed by atoms with Gasteiger partial charge in [-0.3, -0.25) is 4.78 Å². The molecule has 6 fully saturated rings. The Balaban J connectivity index is 0.801. The summed E-state index contributed by atoms with van der Waals surface area (Å²) in [7, 11) is -2.95. The average molecular weight is 789 g/mol. The van der Waals surface area contributed by atoms with E-state index < -0.39 is 20.1 Å². The quantitative estimate of drug-likeness (QED) is 0.176. The minimum absolute atomic E-state index is 0.151. The van der Waals surface area contributed by atoms with Crippen LogP contribution in [0.2, 0.25) is 0 Å². The number of anilines is 1. The number of unbranched alkanes of at least 4 members (excludes halogenated alkanes) is 3. The van der Waals surface area contributed by atoms with E-state index in [0.717, 1.165) is 104 Å². The average Bonchev–Trinajstić information content (AvgIpc) is 3.75. The highest BCUT2D eigenvalue weighted by Gasteiger charge is 2.61. The zero-order chi connectivity index (χ0) is 38.9. The fourth-order valence-corrected chi connectivity index (χ4v) is 15.0. The molecular formula is C45H65FN6O3S. The Hall–Kier alpha value is -2.63. The molecule has 9 nitrogen and oxygen atoms in total. The van der Waals surface area contributed by atoms with Crippen molar-refractivity contribution in [2.45, 2.75) is 147 Å². The van der Waals surface area contributed by atoms with E-state index in [2.05, 4.69) is 35.6 Å². The largest absolute Gasteiger partial charge is 0.378 e. The molecule has 1 aliphatic heterocycles. The van der Waals surface area contributed by atoms with E-state index in [9.17, 15) is 8.99 Å². The molecule has 0 aromatic carbocycles. The molecule has 9 rings (SSSR count). The van der Waals surface area contributed by atoms with Gasteiger partial charge in [0.05, 0.1) is 45.5 Å². The smallest absolute Gasteiger partial charge is 0.162 e. The van der Waals surface area contributed by atoms with Gasteiger partial charge in [0.2, 0.25) is 0 Å². The van der Waals surface area contributed by atoms with Gasteiger partial charge >= 0.3 is 0 Å². The molecule has 5 aliphatic carbocycles. The van der Waals surface area contributed by atoms with Gasteiger partial charge in [-0.1, -0.05) is 26.7 Å². The van der Waals surface area contributed by atoms with Crippen LogP contribution in [0, 0.1) is 39.3 Å². The van der Waals surface area contributed by atoms with Crippen LogP contribution in [0.5, 0.6) is 0 Å². The summed E-state index contributed by atoms with van der Waals surface area (Å²) in [5.74, 6) is 4.61. The maximum absolute atomic E-state index is 15.1. The van der Waals surface area contributed by atoms with Crippen LogP contribution < -0.4 is 4.90 Å². The number of aromatic nitrogens is 4. The van der Waals surface area contributed by atoms with Gasteiger partial charge in [-0.25, -0.2) is 23.6 Å². The molecule has 306 valence electrons. The Morgan fingerprint density at radius 3 is 2.62 bits per heavy atom. The normalized spacial score (nSPS) is 37.4. The van der Waals surface area contributed by atoms with Crippen molar-refractivity contribution >= 4 is 26.6 Å². The second kappa shape index (κ2) is 14.6. The minimum atomic E-state index is -2.95. The molecule has 10 atom stereocenters. The molecule has 2 N–H and O–H groups in total. The number of nitrogens with zero attached hydrogens (tertiary/aromatic N) is 4. The summed E-state index contributed by atoms with van der Waals surface area (Å²) >= 11 is 0. The van der Waals surface area contributed by atoms with Crippen LogP contribution in [0.25, 0.3) is 22.4 Å². The third-order valence-electron chi connectivity index (χ3n) is 16.4. The van der Waals surface area contributed by atoms with E-state index in [1.165, 1.54) is 38.5 Å². The lowest BCUT2D eigenvalue weighted by Crippen LogP contribution is -2.55. The monoisotopic (exact) mass is 788 g/mol. The van der Waals surface area contributed by atoms with Crippen LogP contribution in [0.15, 0.2) is 30.6 Å². The van der Waals surface area contributed by atoms with E-state index in [-0.39, 0.29) is 11.5 Å². The molecule has 3 aromatic rings. The van der Waals surface area contributed by atoms with Gasteiger partial charge in [0.25, 0.3) is 0 Å². The summed E-state index contributed by atoms with van der Waals surface area (Å²) in [6.07, 6.45) is 19.2. The lowest BCUT2D eigenvalue weighted by Gasteiger charge is -2.61. The van der Waals surface area contributed by atoms with Crippen molar-refractivity contribution in [3.05, 3.63) is 36.3 Å². The van der Waals surface area contributed by atoms with Gasteiger partial charge in [0.1, 0.15) is 17.1 Å². The van der Waals surface area contributed by atoms with Crippen molar-refractivity contribution in [3.63, 3.8) is 0 Å². The lowest BCUT2D eigenvalue weighted by atomic mass is 9.44. The number of nitrogens with one attached hydrogen (secondary N) is 2. The number of aromatic amines is 1. The van der Waals surface area contributed by atoms with Gasteiger partial charge in [-0.2, -0.15) is 0 Å². The maximum atomic E-state index is 15.1. The number of ether oxygens (including phenoxy) is 2. The zero-order valence-corrected chi connectivity index (χ0v) is 35.1. The van der Waals surface area contributed by atoms with E-state index in [0.29, 0.717) is 55.1 Å². The highest BCUT2D eigenvalue weighted by Crippen LogP contribution is 2.67. The first kappa shape index (κ1) is 38.9. The van der Waals surface area contributed by atoms with Crippen molar-refractivity contribution in [1.82, 2.24) is 19.9 Å². The number of H-pyrrole nitrogens is 1. The predicted molar refractivity (Wildman–Crippen MR) is 221 cm³/mol. The third-order valence-corrected chi connectivity index (χ3v) is 19.1. The topological polar surface area (TPSA) is 117 Å². The van der Waals surface area contributed by atoms with Crippen LogP contribution in [0.3, 0.4) is 0 Å². The summed E-state index contributed by atoms with van der Waals surface area (Å²) in [6.45, 7) is 11.8. The van der Waals surface area contributed by atoms with Crippen molar-refractivity contribution in [1.29, 1.82) is 4.78 Å². The number of halogens is 1. The van der Waals surface area contributed by atoms with Crippen LogP contribution in [-0.4, -0.2) is 74.1 Å². The van der Waals surface area contributed by atoms with Crippen LogP contribution in [0.1, 0.15) is 130 Å². The van der Waals surface area contributed by atoms with E-state index in [4.69, 9.17) is 19.4 Å². The van der Waals surface area contributed by atoms with Crippen LogP contribution >= 0.6 is 0 Å². The van der Waals surface area contributed by atoms with Crippen molar-refractivity contribution in [2.75, 3.05) is 37.0 Å². The highest BCUT2D eigenvalue weighted by atomic mass is 32.2. The highest BCUT2D eigenvalue weighted by molar-refractivity contribution is 7.93. The van der Waals surface area contributed by atoms with Gasteiger partial charge in [0.15, 0.2) is 5.82 Å². The molecule has 5 saturated carbocycles. The van der Waals surface area contributed by atoms with Gasteiger partial charge in [0, 0.05) is 48.3 Å². The molecule has 0 bridgehead atoms.